The summed E-state index contributed by atoms with van der Waals surface area (Å²) in [5.74, 6) is -1.89. The van der Waals surface area contributed by atoms with Crippen molar-refractivity contribution in [2.45, 2.75) is 32.1 Å². The van der Waals surface area contributed by atoms with Gasteiger partial charge in [-0.25, -0.2) is 4.79 Å². The Labute approximate surface area is 139 Å². The summed E-state index contributed by atoms with van der Waals surface area (Å²) >= 11 is 0. The van der Waals surface area contributed by atoms with Gasteiger partial charge in [-0.2, -0.15) is 0 Å². The molecule has 1 aromatic rings. The van der Waals surface area contributed by atoms with Crippen LogP contribution in [0.2, 0.25) is 0 Å². The van der Waals surface area contributed by atoms with E-state index < -0.39 is 19.0 Å². The van der Waals surface area contributed by atoms with E-state index in [9.17, 15) is 14.6 Å². The van der Waals surface area contributed by atoms with Crippen LogP contribution in [0, 0.1) is 0 Å². The van der Waals surface area contributed by atoms with Crippen molar-refractivity contribution in [3.05, 3.63) is 29.3 Å². The number of nitrogens with one attached hydrogen (secondary N) is 1. The van der Waals surface area contributed by atoms with Gasteiger partial charge in [-0.3, -0.25) is 4.79 Å². The molecule has 128 valence electrons. The topological polar surface area (TPSA) is 117 Å². The third-order valence-corrected chi connectivity index (χ3v) is 3.66. The summed E-state index contributed by atoms with van der Waals surface area (Å²) in [7, 11) is 0.123. The van der Waals surface area contributed by atoms with Crippen molar-refractivity contribution >= 4 is 24.7 Å². The quantitative estimate of drug-likeness (QED) is 0.399. The van der Waals surface area contributed by atoms with Gasteiger partial charge in [-0.1, -0.05) is 17.3 Å². The van der Waals surface area contributed by atoms with Gasteiger partial charge in [0.05, 0.1) is 17.2 Å². The molecule has 1 unspecified atom stereocenters. The monoisotopic (exact) mass is 334 g/mol. The summed E-state index contributed by atoms with van der Waals surface area (Å²) in [6.07, 6.45) is 0.918. The van der Waals surface area contributed by atoms with Crippen LogP contribution in [0.1, 0.15) is 35.7 Å². The molecule has 0 fully saturated rings. The lowest BCUT2D eigenvalue weighted by atomic mass is 9.72. The Balaban J connectivity index is 2.01. The minimum Gasteiger partial charge on any atom is -0.534 e. The van der Waals surface area contributed by atoms with E-state index >= 15 is 0 Å². The van der Waals surface area contributed by atoms with Gasteiger partial charge in [0, 0.05) is 6.42 Å². The van der Waals surface area contributed by atoms with Crippen LogP contribution in [-0.4, -0.2) is 47.9 Å². The zero-order chi connectivity index (χ0) is 17.7. The van der Waals surface area contributed by atoms with Crippen molar-refractivity contribution in [1.29, 1.82) is 0 Å². The highest BCUT2D eigenvalue weighted by Crippen LogP contribution is 2.30. The highest BCUT2D eigenvalue weighted by atomic mass is 16.6. The molecule has 24 heavy (non-hydrogen) atoms. The minimum absolute atomic E-state index is 0.0114. The van der Waals surface area contributed by atoms with Crippen molar-refractivity contribution in [3.8, 4) is 5.75 Å². The molecule has 3 N–H and O–H groups in total. The summed E-state index contributed by atoms with van der Waals surface area (Å²) in [4.78, 5) is 27.8. The fourth-order valence-electron chi connectivity index (χ4n) is 2.49. The standard InChI is InChI=1S/C15H19BN2O6/c1-9(18-23-2)6-7-13(19)17-12-8-10-4-3-5-11(15(20)21)14(10)24-16(12)22/h3-5,12,22H,6-8H2,1-2H3,(H,17,19)(H,20,21)/b18-9-. The molecule has 0 aliphatic carbocycles. The van der Waals surface area contributed by atoms with Crippen molar-refractivity contribution < 1.29 is 29.2 Å². The fourth-order valence-corrected chi connectivity index (χ4v) is 2.49. The smallest absolute Gasteiger partial charge is 0.534 e. The maximum Gasteiger partial charge on any atom is 0.547 e. The molecule has 0 saturated heterocycles. The van der Waals surface area contributed by atoms with Gasteiger partial charge >= 0.3 is 13.1 Å². The van der Waals surface area contributed by atoms with Crippen LogP contribution in [-0.2, 0) is 16.1 Å². The molecule has 8 nitrogen and oxygen atoms in total. The first-order chi connectivity index (χ1) is 11.4. The Kier molecular flexibility index (Phi) is 5.80. The molecule has 1 aliphatic rings. The first kappa shape index (κ1) is 17.8. The summed E-state index contributed by atoms with van der Waals surface area (Å²) in [5, 5.41) is 25.6. The normalized spacial score (nSPS) is 16.9. The van der Waals surface area contributed by atoms with Gasteiger partial charge < -0.3 is 24.9 Å². The maximum atomic E-state index is 12.0. The van der Waals surface area contributed by atoms with Crippen LogP contribution in [0.4, 0.5) is 0 Å². The second-order valence-corrected chi connectivity index (χ2v) is 5.49. The summed E-state index contributed by atoms with van der Waals surface area (Å²) < 4.78 is 5.32. The van der Waals surface area contributed by atoms with E-state index in [2.05, 4.69) is 15.3 Å². The highest BCUT2D eigenvalue weighted by molar-refractivity contribution is 6.47. The number of carbonyl (C=O) groups excluding carboxylic acids is 1. The third kappa shape index (κ3) is 4.26. The van der Waals surface area contributed by atoms with Gasteiger partial charge in [-0.05, 0) is 31.4 Å². The highest BCUT2D eigenvalue weighted by Gasteiger charge is 2.37. The number of fused-ring (bicyclic) bond motifs is 1. The second-order valence-electron chi connectivity index (χ2n) is 5.49. The van der Waals surface area contributed by atoms with Gasteiger partial charge in [0.1, 0.15) is 12.9 Å². The number of aromatic carboxylic acids is 1. The maximum absolute atomic E-state index is 12.0. The molecule has 1 aromatic carbocycles. The molecule has 0 saturated carbocycles. The number of carboxylic acids is 1. The van der Waals surface area contributed by atoms with E-state index in [4.69, 9.17) is 9.76 Å². The van der Waals surface area contributed by atoms with Gasteiger partial charge in [0.15, 0.2) is 0 Å². The number of carbonyl (C=O) groups is 2. The van der Waals surface area contributed by atoms with Gasteiger partial charge in [-0.15, -0.1) is 0 Å². The number of nitrogens with zero attached hydrogens (tertiary/aromatic N) is 1. The van der Waals surface area contributed by atoms with Crippen molar-refractivity contribution in [2.75, 3.05) is 7.11 Å². The number of oxime groups is 1. The second kappa shape index (κ2) is 7.82. The molecule has 1 amide bonds. The number of hydrogen-bond acceptors (Lipinski definition) is 6. The average molecular weight is 334 g/mol. The average Bonchev–Trinajstić information content (AvgIpc) is 2.53. The first-order valence-corrected chi connectivity index (χ1v) is 7.48. The zero-order valence-electron chi connectivity index (χ0n) is 13.5. The Bertz CT molecular complexity index is 663. The zero-order valence-corrected chi connectivity index (χ0v) is 13.5. The Morgan fingerprint density at radius 1 is 1.46 bits per heavy atom. The Hall–Kier alpha value is -2.55. The lowest BCUT2D eigenvalue weighted by Crippen LogP contribution is -2.53. The summed E-state index contributed by atoms with van der Waals surface area (Å²) in [5.41, 5.74) is 1.30. The predicted octanol–water partition coefficient (Wildman–Crippen LogP) is 0.627. The third-order valence-electron chi connectivity index (χ3n) is 3.66. The molecular formula is C15H19BN2O6. The molecule has 1 atom stereocenters. The van der Waals surface area contributed by atoms with E-state index in [1.165, 1.54) is 13.2 Å². The number of carboxylic acid groups (broad SMARTS) is 1. The molecule has 0 radical (unpaired) electrons. The van der Waals surface area contributed by atoms with E-state index in [0.717, 1.165) is 0 Å². The molecular weight excluding hydrogens is 315 g/mol. The lowest BCUT2D eigenvalue weighted by Gasteiger charge is -2.28. The Morgan fingerprint density at radius 3 is 2.88 bits per heavy atom. The number of benzene rings is 1. The van der Waals surface area contributed by atoms with Crippen molar-refractivity contribution in [1.82, 2.24) is 5.32 Å². The van der Waals surface area contributed by atoms with Crippen LogP contribution in [0.5, 0.6) is 5.75 Å². The number of amides is 1. The van der Waals surface area contributed by atoms with E-state index in [0.29, 0.717) is 17.7 Å². The summed E-state index contributed by atoms with van der Waals surface area (Å²) in [6.45, 7) is 1.75. The number of para-hydroxylation sites is 1. The van der Waals surface area contributed by atoms with E-state index in [1.807, 2.05) is 0 Å². The van der Waals surface area contributed by atoms with Crippen LogP contribution in [0.25, 0.3) is 0 Å². The molecule has 1 aliphatic heterocycles. The van der Waals surface area contributed by atoms with Crippen LogP contribution in [0.3, 0.4) is 0 Å². The van der Waals surface area contributed by atoms with E-state index in [1.54, 1.807) is 19.1 Å². The molecule has 0 bridgehead atoms. The van der Waals surface area contributed by atoms with Crippen molar-refractivity contribution in [3.63, 3.8) is 0 Å². The van der Waals surface area contributed by atoms with Gasteiger partial charge in [0.25, 0.3) is 0 Å². The van der Waals surface area contributed by atoms with E-state index in [-0.39, 0.29) is 30.1 Å². The SMILES string of the molecule is CO/N=C(/C)CCC(=O)NC1Cc2cccc(C(=O)O)c2OB1O. The Morgan fingerprint density at radius 2 is 2.21 bits per heavy atom. The van der Waals surface area contributed by atoms with Gasteiger partial charge in [0.2, 0.25) is 5.91 Å². The molecule has 0 spiro atoms. The summed E-state index contributed by atoms with van der Waals surface area (Å²) in [6, 6.07) is 4.72. The fraction of sp³-hybridized carbons (Fsp3) is 0.400. The van der Waals surface area contributed by atoms with Crippen LogP contribution >= 0.6 is 0 Å². The first-order valence-electron chi connectivity index (χ1n) is 7.48. The minimum atomic E-state index is -1.31. The van der Waals surface area contributed by atoms with Crippen LogP contribution < -0.4 is 9.97 Å². The molecule has 0 aromatic heterocycles. The predicted molar refractivity (Wildman–Crippen MR) is 87.0 cm³/mol. The van der Waals surface area contributed by atoms with Crippen molar-refractivity contribution in [2.24, 2.45) is 5.16 Å². The molecule has 9 heteroatoms. The lowest BCUT2D eigenvalue weighted by molar-refractivity contribution is -0.121. The largest absolute Gasteiger partial charge is 0.547 e. The molecule has 2 rings (SSSR count). The number of hydrogen-bond donors (Lipinski definition) is 3. The van der Waals surface area contributed by atoms with Crippen LogP contribution in [0.15, 0.2) is 23.4 Å². The molecule has 1 heterocycles. The number of rotatable bonds is 6.